The zero-order valence-corrected chi connectivity index (χ0v) is 8.70. The minimum absolute atomic E-state index is 0.324. The van der Waals surface area contributed by atoms with E-state index in [-0.39, 0.29) is 0 Å². The molecule has 7 heteroatoms. The number of rotatable bonds is 3. The standard InChI is InChI=1S/C10H8N7/c1-2-4-9-8(3-1)7(5-11-9)6-12-13-10-14-16-17-15-10/h1-6H,(H2,13,14,15,16,17)/q-1/b12-6+. The Morgan fingerprint density at radius 1 is 1.35 bits per heavy atom. The molecule has 3 rings (SSSR count). The second-order valence-corrected chi connectivity index (χ2v) is 3.34. The molecule has 84 valence electrons. The summed E-state index contributed by atoms with van der Waals surface area (Å²) in [6.07, 6.45) is 3.44. The van der Waals surface area contributed by atoms with Crippen LogP contribution < -0.4 is 10.4 Å². The molecule has 0 radical (unpaired) electrons. The van der Waals surface area contributed by atoms with Gasteiger partial charge in [-0.25, -0.2) is 5.43 Å². The highest BCUT2D eigenvalue weighted by Crippen LogP contribution is 2.14. The summed E-state index contributed by atoms with van der Waals surface area (Å²) in [5, 5.41) is 18.2. The van der Waals surface area contributed by atoms with E-state index in [1.165, 1.54) is 0 Å². The van der Waals surface area contributed by atoms with Crippen molar-refractivity contribution in [3.63, 3.8) is 0 Å². The number of nitrogens with zero attached hydrogens (tertiary/aromatic N) is 5. The molecule has 0 fully saturated rings. The van der Waals surface area contributed by atoms with Gasteiger partial charge in [0.25, 0.3) is 5.95 Å². The van der Waals surface area contributed by atoms with Gasteiger partial charge in [-0.2, -0.15) is 16.5 Å². The van der Waals surface area contributed by atoms with Crippen molar-refractivity contribution < 1.29 is 0 Å². The van der Waals surface area contributed by atoms with Gasteiger partial charge in [0.05, 0.1) is 6.21 Å². The Kier molecular flexibility index (Phi) is 2.27. The van der Waals surface area contributed by atoms with Gasteiger partial charge in [-0.05, 0) is 16.2 Å². The van der Waals surface area contributed by atoms with Crippen LogP contribution in [0.3, 0.4) is 0 Å². The third-order valence-corrected chi connectivity index (χ3v) is 2.27. The first-order chi connectivity index (χ1) is 8.43. The van der Waals surface area contributed by atoms with Crippen LogP contribution in [-0.4, -0.2) is 26.8 Å². The molecule has 2 N–H and O–H groups in total. The number of benzene rings is 1. The minimum atomic E-state index is 0.324. The van der Waals surface area contributed by atoms with E-state index >= 15 is 0 Å². The molecule has 17 heavy (non-hydrogen) atoms. The van der Waals surface area contributed by atoms with Crippen molar-refractivity contribution in [2.45, 2.75) is 0 Å². The number of hydrogen-bond donors (Lipinski definition) is 2. The quantitative estimate of drug-likeness (QED) is 0.508. The molecule has 7 nitrogen and oxygen atoms in total. The predicted molar refractivity (Wildman–Crippen MR) is 62.7 cm³/mol. The number of aromatic amines is 1. The number of tetrazole rings is 1. The third-order valence-electron chi connectivity index (χ3n) is 2.27. The van der Waals surface area contributed by atoms with Crippen molar-refractivity contribution in [2.24, 2.45) is 5.10 Å². The lowest BCUT2D eigenvalue weighted by atomic mass is 10.2. The smallest absolute Gasteiger partial charge is 0.283 e. The zero-order valence-electron chi connectivity index (χ0n) is 8.70. The van der Waals surface area contributed by atoms with E-state index in [1.54, 1.807) is 12.4 Å². The predicted octanol–water partition coefficient (Wildman–Crippen LogP) is 0.756. The molecule has 0 atom stereocenters. The molecule has 0 bridgehead atoms. The molecule has 0 saturated carbocycles. The topological polar surface area (TPSA) is 93.0 Å². The lowest BCUT2D eigenvalue weighted by Gasteiger charge is -1.96. The van der Waals surface area contributed by atoms with Gasteiger partial charge >= 0.3 is 0 Å². The SMILES string of the molecule is C(=N\Nc1nn[nH]n1)/c1c[n-]c2ccccc12. The van der Waals surface area contributed by atoms with E-state index < -0.39 is 0 Å². The first-order valence-corrected chi connectivity index (χ1v) is 4.96. The first kappa shape index (κ1) is 9.52. The van der Waals surface area contributed by atoms with Crippen LogP contribution in [0.15, 0.2) is 35.6 Å². The Hall–Kier alpha value is -2.70. The Balaban J connectivity index is 1.83. The van der Waals surface area contributed by atoms with E-state index in [0.717, 1.165) is 16.5 Å². The highest BCUT2D eigenvalue weighted by molar-refractivity contribution is 5.98. The van der Waals surface area contributed by atoms with Crippen molar-refractivity contribution in [3.05, 3.63) is 36.0 Å². The van der Waals surface area contributed by atoms with E-state index in [2.05, 4.69) is 36.1 Å². The van der Waals surface area contributed by atoms with E-state index in [4.69, 9.17) is 0 Å². The van der Waals surface area contributed by atoms with Crippen molar-refractivity contribution in [1.82, 2.24) is 25.6 Å². The number of para-hydroxylation sites is 1. The lowest BCUT2D eigenvalue weighted by Crippen LogP contribution is -1.92. The summed E-state index contributed by atoms with van der Waals surface area (Å²) in [7, 11) is 0. The second-order valence-electron chi connectivity index (χ2n) is 3.34. The first-order valence-electron chi connectivity index (χ1n) is 4.96. The van der Waals surface area contributed by atoms with Crippen molar-refractivity contribution >= 4 is 23.1 Å². The molecule has 1 aromatic carbocycles. The van der Waals surface area contributed by atoms with Gasteiger partial charge in [0.2, 0.25) is 0 Å². The molecule has 0 amide bonds. The fourth-order valence-corrected chi connectivity index (χ4v) is 1.51. The van der Waals surface area contributed by atoms with Crippen LogP contribution in [0.25, 0.3) is 10.9 Å². The molecule has 0 spiro atoms. The molecule has 2 heterocycles. The van der Waals surface area contributed by atoms with Crippen LogP contribution in [0.5, 0.6) is 0 Å². The molecule has 0 aliphatic carbocycles. The Morgan fingerprint density at radius 3 is 3.18 bits per heavy atom. The largest absolute Gasteiger partial charge is 0.663 e. The van der Waals surface area contributed by atoms with Gasteiger partial charge in [0.1, 0.15) is 0 Å². The number of hydrogen-bond acceptors (Lipinski definition) is 5. The third kappa shape index (κ3) is 1.85. The molecule has 0 saturated heterocycles. The second kappa shape index (κ2) is 4.05. The van der Waals surface area contributed by atoms with Gasteiger partial charge in [-0.3, -0.25) is 0 Å². The van der Waals surface area contributed by atoms with Gasteiger partial charge in [-0.1, -0.05) is 29.4 Å². The number of H-pyrrole nitrogens is 1. The van der Waals surface area contributed by atoms with Crippen LogP contribution in [0.2, 0.25) is 0 Å². The summed E-state index contributed by atoms with van der Waals surface area (Å²) < 4.78 is 0. The lowest BCUT2D eigenvalue weighted by molar-refractivity contribution is 0.881. The maximum absolute atomic E-state index is 4.27. The summed E-state index contributed by atoms with van der Waals surface area (Å²) in [4.78, 5) is 4.27. The monoisotopic (exact) mass is 226 g/mol. The van der Waals surface area contributed by atoms with Gasteiger partial charge in [0, 0.05) is 0 Å². The number of nitrogens with one attached hydrogen (secondary N) is 2. The average molecular weight is 226 g/mol. The van der Waals surface area contributed by atoms with Crippen molar-refractivity contribution in [3.8, 4) is 0 Å². The minimum Gasteiger partial charge on any atom is -0.663 e. The van der Waals surface area contributed by atoms with Crippen LogP contribution in [0.1, 0.15) is 5.56 Å². The molecule has 0 aliphatic heterocycles. The normalized spacial score (nSPS) is 11.3. The highest BCUT2D eigenvalue weighted by Gasteiger charge is 1.94. The van der Waals surface area contributed by atoms with Crippen LogP contribution in [0, 0.1) is 0 Å². The molecule has 2 aromatic heterocycles. The summed E-state index contributed by atoms with van der Waals surface area (Å²) in [5.74, 6) is 0.324. The summed E-state index contributed by atoms with van der Waals surface area (Å²) in [6, 6.07) is 7.87. The van der Waals surface area contributed by atoms with Gasteiger partial charge < -0.3 is 4.98 Å². The summed E-state index contributed by atoms with van der Waals surface area (Å²) in [5.41, 5.74) is 4.55. The molecule has 3 aromatic rings. The van der Waals surface area contributed by atoms with Crippen molar-refractivity contribution in [2.75, 3.05) is 5.43 Å². The maximum atomic E-state index is 4.27. The van der Waals surface area contributed by atoms with E-state index in [1.807, 2.05) is 24.3 Å². The van der Waals surface area contributed by atoms with Crippen LogP contribution in [-0.2, 0) is 0 Å². The number of fused-ring (bicyclic) bond motifs is 1. The summed E-state index contributed by atoms with van der Waals surface area (Å²) >= 11 is 0. The molecule has 0 aliphatic rings. The fourth-order valence-electron chi connectivity index (χ4n) is 1.51. The Labute approximate surface area is 95.9 Å². The maximum Gasteiger partial charge on any atom is 0.283 e. The zero-order chi connectivity index (χ0) is 11.5. The Morgan fingerprint density at radius 2 is 2.29 bits per heavy atom. The van der Waals surface area contributed by atoms with Crippen LogP contribution in [0.4, 0.5) is 5.95 Å². The van der Waals surface area contributed by atoms with Crippen LogP contribution >= 0.6 is 0 Å². The van der Waals surface area contributed by atoms with Gasteiger partial charge in [0.15, 0.2) is 0 Å². The summed E-state index contributed by atoms with van der Waals surface area (Å²) in [6.45, 7) is 0. The highest BCUT2D eigenvalue weighted by atomic mass is 15.5. The number of hydrazone groups is 1. The Bertz CT molecular complexity index is 638. The van der Waals surface area contributed by atoms with Gasteiger partial charge in [-0.15, -0.1) is 10.6 Å². The van der Waals surface area contributed by atoms with E-state index in [9.17, 15) is 0 Å². The number of anilines is 1. The number of aromatic nitrogens is 5. The molecular weight excluding hydrogens is 218 g/mol. The fraction of sp³-hybridized carbons (Fsp3) is 0. The molecular formula is C10H8N7-. The van der Waals surface area contributed by atoms with Crippen molar-refractivity contribution in [1.29, 1.82) is 0 Å². The molecule has 0 unspecified atom stereocenters. The van der Waals surface area contributed by atoms with E-state index in [0.29, 0.717) is 5.95 Å². The average Bonchev–Trinajstić information content (AvgIpc) is 2.99.